The maximum Gasteiger partial charge on any atom is 0.412 e. The van der Waals surface area contributed by atoms with Crippen molar-refractivity contribution >= 4 is 17.7 Å². The number of amides is 2. The van der Waals surface area contributed by atoms with Crippen LogP contribution in [0.25, 0.3) is 0 Å². The molecular weight excluding hydrogens is 560 g/mol. The van der Waals surface area contributed by atoms with Gasteiger partial charge in [0, 0.05) is 12.2 Å². The Morgan fingerprint density at radius 3 is 2.13 bits per heavy atom. The van der Waals surface area contributed by atoms with Gasteiger partial charge in [-0.2, -0.15) is 0 Å². The summed E-state index contributed by atoms with van der Waals surface area (Å²) in [7, 11) is 0. The molecule has 6 rings (SSSR count). The van der Waals surface area contributed by atoms with Crippen molar-refractivity contribution in [1.82, 2.24) is 5.32 Å². The Kier molecular flexibility index (Phi) is 7.85. The number of hydrogen-bond acceptors (Lipinski definition) is 4. The molecule has 244 valence electrons. The van der Waals surface area contributed by atoms with Gasteiger partial charge in [-0.05, 0) is 147 Å². The smallest absolute Gasteiger partial charge is 0.412 e. The molecule has 0 spiro atoms. The molecule has 0 bridgehead atoms. The Labute approximate surface area is 270 Å². The molecule has 2 amide bonds. The second-order valence-corrected chi connectivity index (χ2v) is 16.8. The Balaban J connectivity index is 1.21. The lowest BCUT2D eigenvalue weighted by atomic mass is 9.49. The average Bonchev–Trinajstić information content (AvgIpc) is 2.95. The van der Waals surface area contributed by atoms with Crippen LogP contribution in [0.5, 0.6) is 5.75 Å². The van der Waals surface area contributed by atoms with E-state index in [1.165, 1.54) is 22.3 Å². The van der Waals surface area contributed by atoms with Gasteiger partial charge >= 0.3 is 6.09 Å². The molecule has 2 saturated carbocycles. The lowest BCUT2D eigenvalue weighted by Gasteiger charge is -2.56. The van der Waals surface area contributed by atoms with Gasteiger partial charge in [-0.1, -0.05) is 52.7 Å². The van der Waals surface area contributed by atoms with Gasteiger partial charge in [0.25, 0.3) is 0 Å². The van der Waals surface area contributed by atoms with Crippen molar-refractivity contribution in [2.24, 2.45) is 22.7 Å². The fourth-order valence-corrected chi connectivity index (χ4v) is 10.5. The summed E-state index contributed by atoms with van der Waals surface area (Å²) in [5, 5.41) is 16.9. The number of rotatable bonds is 4. The molecule has 3 N–H and O–H groups in total. The summed E-state index contributed by atoms with van der Waals surface area (Å²) < 4.78 is 5.52. The highest BCUT2D eigenvalue weighted by atomic mass is 16.6. The zero-order valence-electron chi connectivity index (χ0n) is 28.6. The number of anilines is 1. The first-order valence-electron chi connectivity index (χ1n) is 17.3. The third-order valence-electron chi connectivity index (χ3n) is 12.6. The standard InChI is InChI=1S/C39H54N2O4/c1-35(2,3)45-34(44)41-27-14-10-25-12-16-31-36(4,18-8-19-37(31,5)29(25)22-27)24-40-33(43)39(7)21-9-20-38(6)30-23-28(42)15-11-26(30)13-17-32(38)39/h10-11,14-15,22-23,31-32,42H,8-9,12-13,16-21,24H2,1-7H3,(H,40,43)(H,41,44)/t31?,32?,36-,37?,38?,39+/m1/s1. The molecule has 2 aromatic carbocycles. The number of ether oxygens (including phenoxy) is 1. The van der Waals surface area contributed by atoms with Crippen LogP contribution in [-0.2, 0) is 33.2 Å². The highest BCUT2D eigenvalue weighted by Gasteiger charge is 2.56. The highest BCUT2D eigenvalue weighted by Crippen LogP contribution is 2.59. The van der Waals surface area contributed by atoms with E-state index < -0.39 is 17.1 Å². The minimum Gasteiger partial charge on any atom is -0.508 e. The SMILES string of the molecule is CC(C)(C)OC(=O)Nc1ccc2c(c1)C1(C)CCC[C@](C)(CNC(=O)[C@@]3(C)CCCC4(C)c5cc(O)ccc5CCC43)C1CC2. The van der Waals surface area contributed by atoms with Gasteiger partial charge in [0.2, 0.25) is 5.91 Å². The van der Waals surface area contributed by atoms with E-state index in [1.54, 1.807) is 6.07 Å². The first-order valence-corrected chi connectivity index (χ1v) is 17.3. The minimum absolute atomic E-state index is 0.0196. The van der Waals surface area contributed by atoms with Gasteiger partial charge in [0.15, 0.2) is 0 Å². The van der Waals surface area contributed by atoms with Gasteiger partial charge in [-0.15, -0.1) is 0 Å². The van der Waals surface area contributed by atoms with Crippen molar-refractivity contribution in [3.05, 3.63) is 58.7 Å². The molecule has 45 heavy (non-hydrogen) atoms. The van der Waals surface area contributed by atoms with Gasteiger partial charge in [-0.25, -0.2) is 4.79 Å². The van der Waals surface area contributed by atoms with Crippen molar-refractivity contribution in [3.63, 3.8) is 0 Å². The van der Waals surface area contributed by atoms with Crippen molar-refractivity contribution < 1.29 is 19.4 Å². The summed E-state index contributed by atoms with van der Waals surface area (Å²) >= 11 is 0. The third kappa shape index (κ3) is 5.54. The number of carbonyl (C=O) groups is 2. The summed E-state index contributed by atoms with van der Waals surface area (Å²) in [6.07, 6.45) is 9.95. The van der Waals surface area contributed by atoms with E-state index in [0.29, 0.717) is 18.2 Å². The van der Waals surface area contributed by atoms with Crippen molar-refractivity contribution in [2.45, 2.75) is 129 Å². The van der Waals surface area contributed by atoms with E-state index in [1.807, 2.05) is 32.9 Å². The monoisotopic (exact) mass is 614 g/mol. The first kappa shape index (κ1) is 31.9. The molecule has 0 heterocycles. The number of carbonyl (C=O) groups excluding carboxylic acids is 2. The second-order valence-electron chi connectivity index (χ2n) is 16.8. The molecule has 4 aliphatic carbocycles. The Hall–Kier alpha value is -3.02. The molecule has 0 aromatic heterocycles. The number of phenols is 1. The Morgan fingerprint density at radius 2 is 1.44 bits per heavy atom. The molecule has 2 fully saturated rings. The van der Waals surface area contributed by atoms with Crippen LogP contribution in [0.4, 0.5) is 10.5 Å². The zero-order chi connectivity index (χ0) is 32.4. The normalized spacial score (nSPS) is 33.9. The van der Waals surface area contributed by atoms with Crippen LogP contribution in [0.2, 0.25) is 0 Å². The second kappa shape index (κ2) is 11.1. The molecule has 6 atom stereocenters. The van der Waals surface area contributed by atoms with Crippen molar-refractivity contribution in [2.75, 3.05) is 11.9 Å². The van der Waals surface area contributed by atoms with Crippen molar-refractivity contribution in [1.29, 1.82) is 0 Å². The molecule has 0 aliphatic heterocycles. The lowest BCUT2D eigenvalue weighted by molar-refractivity contribution is -0.140. The molecule has 6 heteroatoms. The van der Waals surface area contributed by atoms with E-state index in [4.69, 9.17) is 4.74 Å². The first-order chi connectivity index (χ1) is 21.1. The van der Waals surface area contributed by atoms with Crippen LogP contribution < -0.4 is 10.6 Å². The largest absolute Gasteiger partial charge is 0.508 e. The van der Waals surface area contributed by atoms with E-state index in [2.05, 4.69) is 56.5 Å². The minimum atomic E-state index is -0.553. The van der Waals surface area contributed by atoms with Gasteiger partial charge in [-0.3, -0.25) is 10.1 Å². The summed E-state index contributed by atoms with van der Waals surface area (Å²) in [6, 6.07) is 12.2. The van der Waals surface area contributed by atoms with Crippen LogP contribution in [0.15, 0.2) is 36.4 Å². The molecular formula is C39H54N2O4. The Morgan fingerprint density at radius 1 is 0.844 bits per heavy atom. The topological polar surface area (TPSA) is 87.7 Å². The van der Waals surface area contributed by atoms with Crippen LogP contribution in [0.3, 0.4) is 0 Å². The Bertz CT molecular complexity index is 1490. The lowest BCUT2D eigenvalue weighted by Crippen LogP contribution is -2.58. The zero-order valence-corrected chi connectivity index (χ0v) is 28.6. The molecule has 4 aliphatic rings. The number of hydrogen-bond donors (Lipinski definition) is 3. The molecule has 4 unspecified atom stereocenters. The average molecular weight is 615 g/mol. The number of fused-ring (bicyclic) bond motifs is 6. The molecule has 0 saturated heterocycles. The number of aryl methyl sites for hydroxylation is 2. The number of nitrogens with one attached hydrogen (secondary N) is 2. The quantitative estimate of drug-likeness (QED) is 0.322. The van der Waals surface area contributed by atoms with Gasteiger partial charge in [0.1, 0.15) is 11.4 Å². The fraction of sp³-hybridized carbons (Fsp3) is 0.641. The maximum absolute atomic E-state index is 14.4. The summed E-state index contributed by atoms with van der Waals surface area (Å²) in [6.45, 7) is 15.7. The number of aromatic hydroxyl groups is 1. The predicted molar refractivity (Wildman–Crippen MR) is 180 cm³/mol. The van der Waals surface area contributed by atoms with Crippen LogP contribution in [0.1, 0.15) is 122 Å². The number of benzene rings is 2. The van der Waals surface area contributed by atoms with Gasteiger partial charge in [0.05, 0.1) is 5.41 Å². The predicted octanol–water partition coefficient (Wildman–Crippen LogP) is 8.58. The van der Waals surface area contributed by atoms with Gasteiger partial charge < -0.3 is 15.2 Å². The number of phenolic OH excluding ortho intramolecular Hbond substituents is 1. The van der Waals surface area contributed by atoms with E-state index in [-0.39, 0.29) is 28.1 Å². The molecule has 2 aromatic rings. The molecule has 6 nitrogen and oxygen atoms in total. The van der Waals surface area contributed by atoms with E-state index in [0.717, 1.165) is 69.9 Å². The fourth-order valence-electron chi connectivity index (χ4n) is 10.5. The van der Waals surface area contributed by atoms with Crippen molar-refractivity contribution in [3.8, 4) is 5.75 Å². The summed E-state index contributed by atoms with van der Waals surface area (Å²) in [4.78, 5) is 26.9. The third-order valence-corrected chi connectivity index (χ3v) is 12.6. The van der Waals surface area contributed by atoms with Crippen LogP contribution in [-0.4, -0.2) is 29.3 Å². The van der Waals surface area contributed by atoms with E-state index in [9.17, 15) is 14.7 Å². The summed E-state index contributed by atoms with van der Waals surface area (Å²) in [5.41, 5.74) is 4.91. The van der Waals surface area contributed by atoms with Crippen LogP contribution in [0, 0.1) is 22.7 Å². The highest BCUT2D eigenvalue weighted by molar-refractivity contribution is 5.85. The maximum atomic E-state index is 14.4. The summed E-state index contributed by atoms with van der Waals surface area (Å²) in [5.74, 6) is 1.20. The van der Waals surface area contributed by atoms with Crippen LogP contribution >= 0.6 is 0 Å². The molecule has 0 radical (unpaired) electrons. The van der Waals surface area contributed by atoms with E-state index >= 15 is 0 Å².